The Morgan fingerprint density at radius 2 is 1.57 bits per heavy atom. The molecular weight excluding hydrogens is 178 g/mol. The van der Waals surface area contributed by atoms with Gasteiger partial charge in [-0.2, -0.15) is 0 Å². The van der Waals surface area contributed by atoms with E-state index in [-0.39, 0.29) is 5.75 Å². The van der Waals surface area contributed by atoms with E-state index in [1.165, 1.54) is 0 Å². The van der Waals surface area contributed by atoms with Crippen molar-refractivity contribution in [3.63, 3.8) is 0 Å². The van der Waals surface area contributed by atoms with Gasteiger partial charge in [0, 0.05) is 18.8 Å². The molecule has 0 amide bonds. The molecule has 4 heteroatoms. The zero-order valence-electron chi connectivity index (χ0n) is 8.62. The van der Waals surface area contributed by atoms with Gasteiger partial charge in [-0.3, -0.25) is 0 Å². The van der Waals surface area contributed by atoms with Crippen molar-refractivity contribution in [1.82, 2.24) is 0 Å². The van der Waals surface area contributed by atoms with Gasteiger partial charge < -0.3 is 21.5 Å². The fraction of sp³-hybridized carbons (Fsp3) is 0.400. The number of nitrogens with zero attached hydrogens (tertiary/aromatic N) is 1. The first-order chi connectivity index (χ1) is 6.60. The van der Waals surface area contributed by atoms with Crippen LogP contribution in [0, 0.1) is 0 Å². The maximum Gasteiger partial charge on any atom is 0.161 e. The second-order valence-corrected chi connectivity index (χ2v) is 3.15. The highest BCUT2D eigenvalue weighted by atomic mass is 16.3. The summed E-state index contributed by atoms with van der Waals surface area (Å²) in [4.78, 5) is 2.12. The average molecular weight is 195 g/mol. The lowest BCUT2D eigenvalue weighted by atomic mass is 10.2. The molecule has 0 aromatic heterocycles. The van der Waals surface area contributed by atoms with E-state index in [0.717, 1.165) is 18.8 Å². The third-order valence-corrected chi connectivity index (χ3v) is 2.28. The van der Waals surface area contributed by atoms with Crippen LogP contribution in [0.4, 0.5) is 17.1 Å². The molecule has 0 aliphatic heterocycles. The summed E-state index contributed by atoms with van der Waals surface area (Å²) < 4.78 is 0. The molecule has 1 rings (SSSR count). The fourth-order valence-corrected chi connectivity index (χ4v) is 1.44. The number of anilines is 3. The smallest absolute Gasteiger partial charge is 0.161 e. The Morgan fingerprint density at radius 3 is 1.93 bits per heavy atom. The molecule has 0 spiro atoms. The minimum Gasteiger partial charge on any atom is -0.504 e. The van der Waals surface area contributed by atoms with Crippen molar-refractivity contribution >= 4 is 17.1 Å². The van der Waals surface area contributed by atoms with Crippen molar-refractivity contribution in [2.45, 2.75) is 13.8 Å². The third kappa shape index (κ3) is 1.84. The summed E-state index contributed by atoms with van der Waals surface area (Å²) >= 11 is 0. The predicted octanol–water partition coefficient (Wildman–Crippen LogP) is 1.40. The predicted molar refractivity (Wildman–Crippen MR) is 60.5 cm³/mol. The summed E-state index contributed by atoms with van der Waals surface area (Å²) in [7, 11) is 0. The standard InChI is InChI=1S/C10H17N3O/c1-3-13(4-2)7-5-8(11)10(14)9(12)6-7/h5-6,14H,3-4,11-12H2,1-2H3. The number of benzene rings is 1. The second-order valence-electron chi connectivity index (χ2n) is 3.15. The minimum atomic E-state index is -0.0269. The highest BCUT2D eigenvalue weighted by molar-refractivity contribution is 5.74. The molecule has 0 bridgehead atoms. The molecule has 0 saturated carbocycles. The molecule has 0 saturated heterocycles. The molecule has 0 radical (unpaired) electrons. The molecule has 1 aromatic rings. The summed E-state index contributed by atoms with van der Waals surface area (Å²) in [5, 5.41) is 9.39. The van der Waals surface area contributed by atoms with Crippen LogP contribution in [0.1, 0.15) is 13.8 Å². The molecule has 14 heavy (non-hydrogen) atoms. The summed E-state index contributed by atoms with van der Waals surface area (Å²) in [6, 6.07) is 3.47. The van der Waals surface area contributed by atoms with E-state index in [2.05, 4.69) is 18.7 Å². The van der Waals surface area contributed by atoms with E-state index in [4.69, 9.17) is 11.5 Å². The largest absolute Gasteiger partial charge is 0.504 e. The van der Waals surface area contributed by atoms with Crippen molar-refractivity contribution in [2.75, 3.05) is 29.5 Å². The van der Waals surface area contributed by atoms with Crippen LogP contribution in [0.15, 0.2) is 12.1 Å². The van der Waals surface area contributed by atoms with E-state index in [1.807, 2.05) is 0 Å². The van der Waals surface area contributed by atoms with Crippen LogP contribution >= 0.6 is 0 Å². The molecule has 0 aliphatic rings. The monoisotopic (exact) mass is 195 g/mol. The number of phenolic OH excluding ortho intramolecular Hbond substituents is 1. The lowest BCUT2D eigenvalue weighted by Crippen LogP contribution is -2.22. The zero-order chi connectivity index (χ0) is 10.7. The lowest BCUT2D eigenvalue weighted by Gasteiger charge is -2.22. The number of nitrogen functional groups attached to an aromatic ring is 2. The van der Waals surface area contributed by atoms with Gasteiger partial charge in [0.15, 0.2) is 5.75 Å². The average Bonchev–Trinajstić information content (AvgIpc) is 2.16. The number of hydrogen-bond acceptors (Lipinski definition) is 4. The van der Waals surface area contributed by atoms with Crippen molar-refractivity contribution in [2.24, 2.45) is 0 Å². The van der Waals surface area contributed by atoms with Crippen LogP contribution in [-0.2, 0) is 0 Å². The molecule has 78 valence electrons. The van der Waals surface area contributed by atoms with Crippen molar-refractivity contribution in [3.8, 4) is 5.75 Å². The van der Waals surface area contributed by atoms with E-state index in [9.17, 15) is 5.11 Å². The summed E-state index contributed by atoms with van der Waals surface area (Å²) in [5.74, 6) is -0.0269. The Morgan fingerprint density at radius 1 is 1.14 bits per heavy atom. The molecule has 0 heterocycles. The van der Waals surface area contributed by atoms with Crippen LogP contribution in [0.5, 0.6) is 5.75 Å². The van der Waals surface area contributed by atoms with Gasteiger partial charge in [-0.25, -0.2) is 0 Å². The molecule has 1 aromatic carbocycles. The van der Waals surface area contributed by atoms with Gasteiger partial charge >= 0.3 is 0 Å². The molecule has 0 aliphatic carbocycles. The van der Waals surface area contributed by atoms with E-state index in [0.29, 0.717) is 11.4 Å². The maximum absolute atomic E-state index is 9.39. The Bertz CT molecular complexity index is 298. The quantitative estimate of drug-likeness (QED) is 0.503. The molecule has 0 atom stereocenters. The van der Waals surface area contributed by atoms with E-state index in [1.54, 1.807) is 12.1 Å². The van der Waals surface area contributed by atoms with Crippen LogP contribution < -0.4 is 16.4 Å². The zero-order valence-corrected chi connectivity index (χ0v) is 8.62. The van der Waals surface area contributed by atoms with Crippen LogP contribution in [-0.4, -0.2) is 18.2 Å². The number of nitrogens with two attached hydrogens (primary N) is 2. The second kappa shape index (κ2) is 4.09. The van der Waals surface area contributed by atoms with Gasteiger partial charge in [0.2, 0.25) is 0 Å². The maximum atomic E-state index is 9.39. The molecule has 5 N–H and O–H groups in total. The number of phenols is 1. The van der Waals surface area contributed by atoms with E-state index < -0.39 is 0 Å². The molecule has 0 fully saturated rings. The number of hydrogen-bond donors (Lipinski definition) is 3. The van der Waals surface area contributed by atoms with Crippen molar-refractivity contribution in [1.29, 1.82) is 0 Å². The molecular formula is C10H17N3O. The summed E-state index contributed by atoms with van der Waals surface area (Å²) in [6.07, 6.45) is 0. The highest BCUT2D eigenvalue weighted by Gasteiger charge is 2.08. The summed E-state index contributed by atoms with van der Waals surface area (Å²) in [6.45, 7) is 5.89. The molecule has 0 unspecified atom stereocenters. The molecule has 4 nitrogen and oxygen atoms in total. The van der Waals surface area contributed by atoms with Gasteiger partial charge in [0.1, 0.15) is 0 Å². The number of aromatic hydroxyl groups is 1. The normalized spacial score (nSPS) is 10.1. The Balaban J connectivity index is 3.11. The van der Waals surface area contributed by atoms with Gasteiger partial charge in [0.25, 0.3) is 0 Å². The van der Waals surface area contributed by atoms with Crippen molar-refractivity contribution < 1.29 is 5.11 Å². The topological polar surface area (TPSA) is 75.5 Å². The Hall–Kier alpha value is -1.58. The van der Waals surface area contributed by atoms with Gasteiger partial charge in [-0.05, 0) is 26.0 Å². The van der Waals surface area contributed by atoms with Gasteiger partial charge in [0.05, 0.1) is 11.4 Å². The number of rotatable bonds is 3. The van der Waals surface area contributed by atoms with Crippen LogP contribution in [0.25, 0.3) is 0 Å². The van der Waals surface area contributed by atoms with Gasteiger partial charge in [-0.15, -0.1) is 0 Å². The van der Waals surface area contributed by atoms with E-state index >= 15 is 0 Å². The van der Waals surface area contributed by atoms with Crippen LogP contribution in [0.2, 0.25) is 0 Å². The van der Waals surface area contributed by atoms with Gasteiger partial charge in [-0.1, -0.05) is 0 Å². The van der Waals surface area contributed by atoms with Crippen LogP contribution in [0.3, 0.4) is 0 Å². The Labute approximate surface area is 84.1 Å². The summed E-state index contributed by atoms with van der Waals surface area (Å²) in [5.41, 5.74) is 12.8. The first kappa shape index (κ1) is 10.5. The Kier molecular flexibility index (Phi) is 3.06. The highest BCUT2D eigenvalue weighted by Crippen LogP contribution is 2.32. The minimum absolute atomic E-state index is 0.0269. The fourth-order valence-electron chi connectivity index (χ4n) is 1.44. The first-order valence-corrected chi connectivity index (χ1v) is 4.73. The SMILES string of the molecule is CCN(CC)c1cc(N)c(O)c(N)c1. The third-order valence-electron chi connectivity index (χ3n) is 2.28. The van der Waals surface area contributed by atoms with Crippen molar-refractivity contribution in [3.05, 3.63) is 12.1 Å². The lowest BCUT2D eigenvalue weighted by molar-refractivity contribution is 0.480. The first-order valence-electron chi connectivity index (χ1n) is 4.73.